The number of rotatable bonds is 7. The molecular weight excluding hydrogens is 312 g/mol. The third-order valence-electron chi connectivity index (χ3n) is 3.39. The molecule has 0 heterocycles. The van der Waals surface area contributed by atoms with Crippen LogP contribution >= 0.6 is 0 Å². The van der Waals surface area contributed by atoms with Crippen molar-refractivity contribution >= 4 is 17.8 Å². The minimum atomic E-state index is -1.07. The van der Waals surface area contributed by atoms with Gasteiger partial charge in [0, 0.05) is 40.6 Å². The zero-order chi connectivity index (χ0) is 18.9. The van der Waals surface area contributed by atoms with E-state index in [9.17, 15) is 14.4 Å². The molecule has 2 unspecified atom stereocenters. The van der Waals surface area contributed by atoms with Gasteiger partial charge >= 0.3 is 11.9 Å². The lowest BCUT2D eigenvalue weighted by Crippen LogP contribution is -2.34. The van der Waals surface area contributed by atoms with Gasteiger partial charge in [-0.1, -0.05) is 26.0 Å². The summed E-state index contributed by atoms with van der Waals surface area (Å²) < 4.78 is 4.68. The highest BCUT2D eigenvalue weighted by atomic mass is 16.5. The van der Waals surface area contributed by atoms with Crippen molar-refractivity contribution in [2.75, 3.05) is 34.8 Å². The summed E-state index contributed by atoms with van der Waals surface area (Å²) in [5.41, 5.74) is 0. The van der Waals surface area contributed by atoms with Gasteiger partial charge in [-0.2, -0.15) is 0 Å². The van der Waals surface area contributed by atoms with Gasteiger partial charge in [-0.25, -0.2) is 10.6 Å². The zero-order valence-electron chi connectivity index (χ0n) is 15.2. The first-order chi connectivity index (χ1) is 11.1. The van der Waals surface area contributed by atoms with Crippen LogP contribution < -0.4 is 5.84 Å². The number of allylic oxidation sites excluding steroid dienone is 2. The van der Waals surface area contributed by atoms with Gasteiger partial charge in [-0.3, -0.25) is 9.59 Å². The molecule has 0 bridgehead atoms. The molecule has 0 aliphatic heterocycles. The summed E-state index contributed by atoms with van der Waals surface area (Å²) in [7, 11) is 6.25. The monoisotopic (exact) mass is 340 g/mol. The van der Waals surface area contributed by atoms with E-state index in [2.05, 4.69) is 4.74 Å². The standard InChI is InChI=1S/C16H28N4O4/c1-12(13(2)8-10-20(6)17)7-9-19(5)15(22)16(23)24-11-14(21)18(3)4/h7-10,12-13H,11,17H2,1-6H3/b9-7+,10-8+. The number of esters is 1. The zero-order valence-corrected chi connectivity index (χ0v) is 15.2. The summed E-state index contributed by atoms with van der Waals surface area (Å²) in [6, 6.07) is 0. The molecule has 0 aromatic rings. The van der Waals surface area contributed by atoms with Crippen molar-refractivity contribution in [2.24, 2.45) is 17.7 Å². The summed E-state index contributed by atoms with van der Waals surface area (Å²) in [6.07, 6.45) is 7.02. The molecule has 0 saturated carbocycles. The predicted octanol–water partition coefficient (Wildman–Crippen LogP) is 0.181. The van der Waals surface area contributed by atoms with E-state index in [0.717, 1.165) is 4.90 Å². The molecule has 0 aliphatic carbocycles. The van der Waals surface area contributed by atoms with Gasteiger partial charge in [-0.15, -0.1) is 0 Å². The van der Waals surface area contributed by atoms with Crippen LogP contribution in [-0.4, -0.2) is 67.4 Å². The van der Waals surface area contributed by atoms with Crippen molar-refractivity contribution in [3.8, 4) is 0 Å². The molecule has 0 saturated heterocycles. The van der Waals surface area contributed by atoms with Crippen molar-refractivity contribution in [3.63, 3.8) is 0 Å². The lowest BCUT2D eigenvalue weighted by molar-refractivity contribution is -0.161. The van der Waals surface area contributed by atoms with Crippen LogP contribution in [-0.2, 0) is 19.1 Å². The normalized spacial score (nSPS) is 13.6. The predicted molar refractivity (Wildman–Crippen MR) is 91.0 cm³/mol. The second-order valence-electron chi connectivity index (χ2n) is 5.85. The van der Waals surface area contributed by atoms with Crippen molar-refractivity contribution < 1.29 is 19.1 Å². The number of carbonyl (C=O) groups is 3. The van der Waals surface area contributed by atoms with Crippen LogP contribution in [0.5, 0.6) is 0 Å². The first kappa shape index (κ1) is 21.6. The fraction of sp³-hybridized carbons (Fsp3) is 0.562. The van der Waals surface area contributed by atoms with Crippen LogP contribution in [0.4, 0.5) is 0 Å². The van der Waals surface area contributed by atoms with Crippen molar-refractivity contribution in [1.29, 1.82) is 0 Å². The first-order valence-corrected chi connectivity index (χ1v) is 7.54. The van der Waals surface area contributed by atoms with E-state index < -0.39 is 24.4 Å². The lowest BCUT2D eigenvalue weighted by atomic mass is 9.96. The quantitative estimate of drug-likeness (QED) is 0.307. The van der Waals surface area contributed by atoms with Crippen LogP contribution in [0.15, 0.2) is 24.6 Å². The molecule has 0 rings (SSSR count). The summed E-state index contributed by atoms with van der Waals surface area (Å²) in [5, 5.41) is 1.45. The van der Waals surface area contributed by atoms with Crippen LogP contribution in [0.25, 0.3) is 0 Å². The fourth-order valence-electron chi connectivity index (χ4n) is 1.42. The Balaban J connectivity index is 4.52. The Kier molecular flexibility index (Phi) is 9.41. The maximum absolute atomic E-state index is 11.9. The molecule has 0 aromatic carbocycles. The number of carbonyl (C=O) groups excluding carboxylic acids is 3. The molecule has 0 aromatic heterocycles. The van der Waals surface area contributed by atoms with E-state index >= 15 is 0 Å². The Labute approximate surface area is 143 Å². The highest BCUT2D eigenvalue weighted by Gasteiger charge is 2.20. The van der Waals surface area contributed by atoms with Gasteiger partial charge in [0.25, 0.3) is 5.91 Å². The van der Waals surface area contributed by atoms with Crippen LogP contribution in [0.3, 0.4) is 0 Å². The van der Waals surface area contributed by atoms with E-state index in [1.165, 1.54) is 37.3 Å². The SMILES string of the molecule is CC(/C=C/N(C)N)C(C)/C=C/N(C)C(=O)C(=O)OCC(=O)N(C)C. The van der Waals surface area contributed by atoms with Crippen LogP contribution in [0.2, 0.25) is 0 Å². The van der Waals surface area contributed by atoms with E-state index in [1.54, 1.807) is 13.2 Å². The lowest BCUT2D eigenvalue weighted by Gasteiger charge is -2.16. The molecule has 2 amide bonds. The second-order valence-corrected chi connectivity index (χ2v) is 5.85. The molecule has 8 nitrogen and oxygen atoms in total. The van der Waals surface area contributed by atoms with Gasteiger partial charge in [-0.05, 0) is 11.8 Å². The average Bonchev–Trinajstić information content (AvgIpc) is 2.53. The minimum Gasteiger partial charge on any atom is -0.448 e. The molecule has 0 radical (unpaired) electrons. The maximum atomic E-state index is 11.9. The van der Waals surface area contributed by atoms with E-state index in [-0.39, 0.29) is 11.8 Å². The number of hydrogen-bond acceptors (Lipinski definition) is 6. The van der Waals surface area contributed by atoms with Gasteiger partial charge < -0.3 is 19.5 Å². The summed E-state index contributed by atoms with van der Waals surface area (Å²) in [4.78, 5) is 37.2. The number of likely N-dealkylation sites (N-methyl/N-ethyl adjacent to an activating group) is 2. The van der Waals surface area contributed by atoms with Crippen molar-refractivity contribution in [3.05, 3.63) is 24.6 Å². The molecule has 8 heteroatoms. The highest BCUT2D eigenvalue weighted by Crippen LogP contribution is 2.14. The molecule has 2 atom stereocenters. The molecule has 0 spiro atoms. The molecule has 2 N–H and O–H groups in total. The average molecular weight is 340 g/mol. The Morgan fingerprint density at radius 1 is 1.00 bits per heavy atom. The fourth-order valence-corrected chi connectivity index (χ4v) is 1.42. The van der Waals surface area contributed by atoms with Crippen LogP contribution in [0, 0.1) is 11.8 Å². The first-order valence-electron chi connectivity index (χ1n) is 7.54. The molecule has 136 valence electrons. The topological polar surface area (TPSA) is 96.2 Å². The minimum absolute atomic E-state index is 0.128. The highest BCUT2D eigenvalue weighted by molar-refractivity contribution is 6.32. The largest absolute Gasteiger partial charge is 0.448 e. The van der Waals surface area contributed by atoms with E-state index in [1.807, 2.05) is 26.0 Å². The van der Waals surface area contributed by atoms with Gasteiger partial charge in [0.2, 0.25) is 0 Å². The number of hydrogen-bond donors (Lipinski definition) is 1. The van der Waals surface area contributed by atoms with Gasteiger partial charge in [0.1, 0.15) is 0 Å². The molecule has 0 fully saturated rings. The molecular formula is C16H28N4O4. The Bertz CT molecular complexity index is 500. The number of ether oxygens (including phenoxy) is 1. The Morgan fingerprint density at radius 3 is 1.96 bits per heavy atom. The van der Waals surface area contributed by atoms with Crippen molar-refractivity contribution in [2.45, 2.75) is 13.8 Å². The number of nitrogens with two attached hydrogens (primary N) is 1. The van der Waals surface area contributed by atoms with Crippen molar-refractivity contribution in [1.82, 2.24) is 14.8 Å². The maximum Gasteiger partial charge on any atom is 0.397 e. The van der Waals surface area contributed by atoms with E-state index in [4.69, 9.17) is 5.84 Å². The van der Waals surface area contributed by atoms with E-state index in [0.29, 0.717) is 0 Å². The summed E-state index contributed by atoms with van der Waals surface area (Å²) >= 11 is 0. The summed E-state index contributed by atoms with van der Waals surface area (Å²) in [6.45, 7) is 3.53. The number of amides is 2. The van der Waals surface area contributed by atoms with Gasteiger partial charge in [0.05, 0.1) is 0 Å². The molecule has 0 aliphatic rings. The smallest absolute Gasteiger partial charge is 0.397 e. The second kappa shape index (κ2) is 10.4. The third-order valence-corrected chi connectivity index (χ3v) is 3.39. The third kappa shape index (κ3) is 8.33. The Morgan fingerprint density at radius 2 is 1.50 bits per heavy atom. The number of nitrogens with zero attached hydrogens (tertiary/aromatic N) is 3. The van der Waals surface area contributed by atoms with Gasteiger partial charge in [0.15, 0.2) is 6.61 Å². The number of hydrazine groups is 1. The summed E-state index contributed by atoms with van der Waals surface area (Å²) in [5.74, 6) is 3.52. The Hall–Kier alpha value is -2.35. The van der Waals surface area contributed by atoms with Crippen LogP contribution in [0.1, 0.15) is 13.8 Å². The molecule has 24 heavy (non-hydrogen) atoms.